The van der Waals surface area contributed by atoms with Crippen LogP contribution >= 0.6 is 11.6 Å². The average molecular weight is 312 g/mol. The number of nitrogens with one attached hydrogen (secondary N) is 2. The summed E-state index contributed by atoms with van der Waals surface area (Å²) in [7, 11) is 1.57. The zero-order valence-electron chi connectivity index (χ0n) is 12.9. The van der Waals surface area contributed by atoms with Gasteiger partial charge in [-0.05, 0) is 43.9 Å². The van der Waals surface area contributed by atoms with E-state index in [9.17, 15) is 4.79 Å². The van der Waals surface area contributed by atoms with Gasteiger partial charge in [-0.25, -0.2) is 0 Å². The van der Waals surface area contributed by atoms with E-state index in [1.54, 1.807) is 19.2 Å². The Morgan fingerprint density at radius 3 is 2.67 bits per heavy atom. The number of ether oxygens (including phenoxy) is 1. The van der Waals surface area contributed by atoms with Crippen LogP contribution in [0.1, 0.15) is 26.7 Å². The fourth-order valence-electron chi connectivity index (χ4n) is 2.75. The molecular formula is C16H24ClN2O2+. The lowest BCUT2D eigenvalue weighted by Gasteiger charge is -2.31. The van der Waals surface area contributed by atoms with Gasteiger partial charge in [0.15, 0.2) is 6.04 Å². The molecular weight excluding hydrogens is 288 g/mol. The van der Waals surface area contributed by atoms with E-state index in [1.807, 2.05) is 13.0 Å². The Morgan fingerprint density at radius 1 is 1.43 bits per heavy atom. The maximum absolute atomic E-state index is 12.4. The second-order valence-corrected chi connectivity index (χ2v) is 6.31. The van der Waals surface area contributed by atoms with Crippen LogP contribution in [0.2, 0.25) is 5.02 Å². The molecule has 1 atom stereocenters. The largest absolute Gasteiger partial charge is 0.495 e. The number of hydrogen-bond donors (Lipinski definition) is 2. The summed E-state index contributed by atoms with van der Waals surface area (Å²) in [6.45, 7) is 6.41. The van der Waals surface area contributed by atoms with E-state index in [4.69, 9.17) is 16.3 Å². The number of benzene rings is 1. The number of halogens is 1. The number of carbonyl (C=O) groups excluding carboxylic acids is 1. The van der Waals surface area contributed by atoms with Gasteiger partial charge in [-0.1, -0.05) is 18.5 Å². The van der Waals surface area contributed by atoms with Crippen LogP contribution in [0, 0.1) is 5.92 Å². The maximum Gasteiger partial charge on any atom is 0.282 e. The van der Waals surface area contributed by atoms with E-state index in [-0.39, 0.29) is 11.9 Å². The molecule has 5 heteroatoms. The Morgan fingerprint density at radius 2 is 2.10 bits per heavy atom. The first-order valence-electron chi connectivity index (χ1n) is 7.50. The van der Waals surface area contributed by atoms with E-state index in [0.29, 0.717) is 16.5 Å². The van der Waals surface area contributed by atoms with Crippen LogP contribution in [0.5, 0.6) is 5.75 Å². The minimum absolute atomic E-state index is 0.0424. The second-order valence-electron chi connectivity index (χ2n) is 5.90. The summed E-state index contributed by atoms with van der Waals surface area (Å²) in [5.41, 5.74) is 0.711. The van der Waals surface area contributed by atoms with Gasteiger partial charge in [-0.3, -0.25) is 4.79 Å². The van der Waals surface area contributed by atoms with Crippen LogP contribution < -0.4 is 15.0 Å². The molecule has 0 aromatic heterocycles. The molecule has 1 fully saturated rings. The van der Waals surface area contributed by atoms with E-state index >= 15 is 0 Å². The predicted molar refractivity (Wildman–Crippen MR) is 85.2 cm³/mol. The van der Waals surface area contributed by atoms with E-state index in [1.165, 1.54) is 17.7 Å². The summed E-state index contributed by atoms with van der Waals surface area (Å²) < 4.78 is 5.11. The second kappa shape index (κ2) is 7.14. The van der Waals surface area contributed by atoms with Crippen molar-refractivity contribution >= 4 is 23.2 Å². The molecule has 1 aromatic carbocycles. The highest BCUT2D eigenvalue weighted by Crippen LogP contribution is 2.27. The molecule has 1 aromatic rings. The first-order chi connectivity index (χ1) is 10.0. The Balaban J connectivity index is 1.95. The molecule has 1 heterocycles. The lowest BCUT2D eigenvalue weighted by molar-refractivity contribution is -0.919. The molecule has 1 amide bonds. The SMILES string of the molecule is COc1ccc(NC(=O)[C@H](C)[NH+]2CCC(C)CC2)cc1Cl. The van der Waals surface area contributed by atoms with Crippen molar-refractivity contribution in [2.24, 2.45) is 5.92 Å². The molecule has 0 unspecified atom stereocenters. The molecule has 0 bridgehead atoms. The summed E-state index contributed by atoms with van der Waals surface area (Å²) in [5.74, 6) is 1.43. The third-order valence-electron chi connectivity index (χ3n) is 4.34. The predicted octanol–water partition coefficient (Wildman–Crippen LogP) is 1.99. The van der Waals surface area contributed by atoms with E-state index in [0.717, 1.165) is 19.0 Å². The van der Waals surface area contributed by atoms with Crippen LogP contribution in [-0.2, 0) is 4.79 Å². The van der Waals surface area contributed by atoms with Crippen LogP contribution in [0.25, 0.3) is 0 Å². The minimum Gasteiger partial charge on any atom is -0.495 e. The van der Waals surface area contributed by atoms with Crippen molar-refractivity contribution in [2.45, 2.75) is 32.7 Å². The fourth-order valence-corrected chi connectivity index (χ4v) is 3.00. The van der Waals surface area contributed by atoms with Gasteiger partial charge in [-0.15, -0.1) is 0 Å². The molecule has 1 aliphatic heterocycles. The van der Waals surface area contributed by atoms with Crippen molar-refractivity contribution in [3.63, 3.8) is 0 Å². The Labute approximate surface area is 131 Å². The number of anilines is 1. The molecule has 2 N–H and O–H groups in total. The third-order valence-corrected chi connectivity index (χ3v) is 4.64. The number of quaternary nitrogens is 1. The standard InChI is InChI=1S/C16H23ClN2O2/c1-11-6-8-19(9-7-11)12(2)16(20)18-13-4-5-15(21-3)14(17)10-13/h4-5,10-12H,6-9H2,1-3H3,(H,18,20)/p+1/t12-/m0/s1. The number of methoxy groups -OCH3 is 1. The normalized spacial score (nSPS) is 23.4. The van der Waals surface area contributed by atoms with E-state index < -0.39 is 0 Å². The van der Waals surface area contributed by atoms with Crippen LogP contribution in [0.3, 0.4) is 0 Å². The summed E-state index contributed by atoms with van der Waals surface area (Å²) in [4.78, 5) is 13.7. The minimum atomic E-state index is -0.0432. The summed E-state index contributed by atoms with van der Waals surface area (Å²) in [6, 6.07) is 5.25. The lowest BCUT2D eigenvalue weighted by Crippen LogP contribution is -3.17. The number of hydrogen-bond acceptors (Lipinski definition) is 2. The average Bonchev–Trinajstić information content (AvgIpc) is 2.47. The Hall–Kier alpha value is -1.26. The highest BCUT2D eigenvalue weighted by molar-refractivity contribution is 6.32. The summed E-state index contributed by atoms with van der Waals surface area (Å²) >= 11 is 6.08. The molecule has 0 saturated carbocycles. The van der Waals surface area contributed by atoms with Gasteiger partial charge in [0.2, 0.25) is 0 Å². The lowest BCUT2D eigenvalue weighted by atomic mass is 9.98. The molecule has 116 valence electrons. The van der Waals surface area contributed by atoms with Crippen molar-refractivity contribution in [2.75, 3.05) is 25.5 Å². The quantitative estimate of drug-likeness (QED) is 0.893. The zero-order chi connectivity index (χ0) is 15.4. The van der Waals surface area contributed by atoms with E-state index in [2.05, 4.69) is 12.2 Å². The molecule has 21 heavy (non-hydrogen) atoms. The maximum atomic E-state index is 12.4. The third kappa shape index (κ3) is 4.11. The summed E-state index contributed by atoms with van der Waals surface area (Å²) in [6.07, 6.45) is 2.39. The fraction of sp³-hybridized carbons (Fsp3) is 0.562. The molecule has 1 aliphatic rings. The first-order valence-corrected chi connectivity index (χ1v) is 7.88. The highest BCUT2D eigenvalue weighted by Gasteiger charge is 2.28. The molecule has 1 saturated heterocycles. The number of piperidine rings is 1. The van der Waals surface area contributed by atoms with Gasteiger partial charge in [0, 0.05) is 5.69 Å². The number of carbonyl (C=O) groups is 1. The van der Waals surface area contributed by atoms with Crippen molar-refractivity contribution in [3.8, 4) is 5.75 Å². The van der Waals surface area contributed by atoms with Gasteiger partial charge >= 0.3 is 0 Å². The van der Waals surface area contributed by atoms with Crippen molar-refractivity contribution in [3.05, 3.63) is 23.2 Å². The van der Waals surface area contributed by atoms with Gasteiger partial charge in [0.05, 0.1) is 25.2 Å². The number of likely N-dealkylation sites (tertiary alicyclic amines) is 1. The van der Waals surface area contributed by atoms with Gasteiger partial charge in [-0.2, -0.15) is 0 Å². The van der Waals surface area contributed by atoms with Crippen molar-refractivity contribution < 1.29 is 14.4 Å². The smallest absolute Gasteiger partial charge is 0.282 e. The van der Waals surface area contributed by atoms with Crippen LogP contribution in [-0.4, -0.2) is 32.1 Å². The summed E-state index contributed by atoms with van der Waals surface area (Å²) in [5, 5.41) is 3.44. The van der Waals surface area contributed by atoms with Gasteiger partial charge in [0.25, 0.3) is 5.91 Å². The first kappa shape index (κ1) is 16.1. The van der Waals surface area contributed by atoms with Crippen LogP contribution in [0.15, 0.2) is 18.2 Å². The Bertz CT molecular complexity index is 499. The highest BCUT2D eigenvalue weighted by atomic mass is 35.5. The van der Waals surface area contributed by atoms with Crippen LogP contribution in [0.4, 0.5) is 5.69 Å². The number of rotatable bonds is 4. The molecule has 2 rings (SSSR count). The zero-order valence-corrected chi connectivity index (χ0v) is 13.7. The molecule has 4 nitrogen and oxygen atoms in total. The Kier molecular flexibility index (Phi) is 5.48. The topological polar surface area (TPSA) is 42.8 Å². The molecule has 0 aliphatic carbocycles. The number of amides is 1. The molecule has 0 spiro atoms. The van der Waals surface area contributed by atoms with Gasteiger partial charge in [0.1, 0.15) is 5.75 Å². The van der Waals surface area contributed by atoms with Crippen molar-refractivity contribution in [1.82, 2.24) is 0 Å². The monoisotopic (exact) mass is 311 g/mol. The molecule has 0 radical (unpaired) electrons. The van der Waals surface area contributed by atoms with Gasteiger partial charge < -0.3 is 15.0 Å². The van der Waals surface area contributed by atoms with Crippen molar-refractivity contribution in [1.29, 1.82) is 0 Å².